The summed E-state index contributed by atoms with van der Waals surface area (Å²) in [6.45, 7) is 4.91. The number of benzene rings is 1. The summed E-state index contributed by atoms with van der Waals surface area (Å²) in [6, 6.07) is 8.04. The topological polar surface area (TPSA) is 57.7 Å². The van der Waals surface area contributed by atoms with Crippen molar-refractivity contribution in [2.45, 2.75) is 6.92 Å². The summed E-state index contributed by atoms with van der Waals surface area (Å²) in [6.07, 6.45) is 0. The molecular formula is C17H22N4O2S. The molecule has 6 nitrogen and oxygen atoms in total. The van der Waals surface area contributed by atoms with E-state index in [1.54, 1.807) is 7.11 Å². The molecule has 0 atom stereocenters. The van der Waals surface area contributed by atoms with Gasteiger partial charge in [-0.2, -0.15) is 4.37 Å². The van der Waals surface area contributed by atoms with Crippen molar-refractivity contribution in [2.24, 2.45) is 0 Å². The highest BCUT2D eigenvalue weighted by molar-refractivity contribution is 7.10. The molecule has 3 rings (SSSR count). The minimum atomic E-state index is 0.0656. The van der Waals surface area contributed by atoms with E-state index in [1.165, 1.54) is 11.5 Å². The van der Waals surface area contributed by atoms with Crippen molar-refractivity contribution in [1.29, 1.82) is 0 Å². The number of methoxy groups -OCH3 is 1. The van der Waals surface area contributed by atoms with E-state index in [2.05, 4.69) is 20.7 Å². The average Bonchev–Trinajstić information content (AvgIpc) is 3.02. The molecule has 1 N–H and O–H groups in total. The number of aryl methyl sites for hydroxylation is 1. The van der Waals surface area contributed by atoms with Gasteiger partial charge < -0.3 is 19.9 Å². The molecule has 1 fully saturated rings. The summed E-state index contributed by atoms with van der Waals surface area (Å²) in [4.78, 5) is 17.0. The lowest BCUT2D eigenvalue weighted by Gasteiger charge is -2.36. The summed E-state index contributed by atoms with van der Waals surface area (Å²) in [5.41, 5.74) is 2.63. The van der Waals surface area contributed by atoms with Crippen LogP contribution in [0, 0.1) is 6.92 Å². The number of ether oxygens (including phenoxy) is 1. The van der Waals surface area contributed by atoms with Gasteiger partial charge in [0.25, 0.3) is 5.91 Å². The van der Waals surface area contributed by atoms with Gasteiger partial charge in [0.15, 0.2) is 0 Å². The van der Waals surface area contributed by atoms with Gasteiger partial charge in [-0.25, -0.2) is 0 Å². The quantitative estimate of drug-likeness (QED) is 0.922. The first-order chi connectivity index (χ1) is 11.6. The normalized spacial score (nSPS) is 14.6. The van der Waals surface area contributed by atoms with E-state index in [4.69, 9.17) is 4.74 Å². The standard InChI is InChI=1S/C17H22N4O2S/c1-12-15(16(18-2)24-19-12)17(22)21-9-7-20(8-10-21)13-5-4-6-14(11-13)23-3/h4-6,11,18H,7-10H2,1-3H3. The van der Waals surface area contributed by atoms with Crippen molar-refractivity contribution >= 4 is 28.1 Å². The van der Waals surface area contributed by atoms with E-state index in [1.807, 2.05) is 37.1 Å². The summed E-state index contributed by atoms with van der Waals surface area (Å²) in [5.74, 6) is 0.917. The molecule has 7 heteroatoms. The Morgan fingerprint density at radius 1 is 1.29 bits per heavy atom. The Labute approximate surface area is 146 Å². The summed E-state index contributed by atoms with van der Waals surface area (Å²) in [5, 5.41) is 3.91. The van der Waals surface area contributed by atoms with Gasteiger partial charge in [-0.1, -0.05) is 6.07 Å². The number of nitrogens with zero attached hydrogens (tertiary/aromatic N) is 3. The zero-order valence-corrected chi connectivity index (χ0v) is 15.0. The van der Waals surface area contributed by atoms with Crippen LogP contribution in [-0.2, 0) is 0 Å². The first-order valence-electron chi connectivity index (χ1n) is 7.96. The molecule has 1 aromatic carbocycles. The Morgan fingerprint density at radius 2 is 2.04 bits per heavy atom. The predicted octanol–water partition coefficient (Wildman–Crippen LogP) is 2.46. The SMILES string of the molecule is CNc1snc(C)c1C(=O)N1CCN(c2cccc(OC)c2)CC1. The predicted molar refractivity (Wildman–Crippen MR) is 97.5 cm³/mol. The molecule has 1 aliphatic rings. The maximum Gasteiger partial charge on any atom is 0.258 e. The maximum atomic E-state index is 12.8. The van der Waals surface area contributed by atoms with E-state index >= 15 is 0 Å². The monoisotopic (exact) mass is 346 g/mol. The zero-order valence-electron chi connectivity index (χ0n) is 14.2. The zero-order chi connectivity index (χ0) is 17.1. The van der Waals surface area contributed by atoms with Crippen LogP contribution in [-0.4, -0.2) is 55.5 Å². The molecule has 0 radical (unpaired) electrons. The van der Waals surface area contributed by atoms with Gasteiger partial charge in [0.1, 0.15) is 10.8 Å². The Hall–Kier alpha value is -2.28. The van der Waals surface area contributed by atoms with Crippen LogP contribution in [0.1, 0.15) is 16.1 Å². The highest BCUT2D eigenvalue weighted by Gasteiger charge is 2.26. The van der Waals surface area contributed by atoms with Gasteiger partial charge in [0.05, 0.1) is 18.4 Å². The fraction of sp³-hybridized carbons (Fsp3) is 0.412. The molecule has 1 aromatic heterocycles. The first-order valence-corrected chi connectivity index (χ1v) is 8.73. The molecule has 1 amide bonds. The lowest BCUT2D eigenvalue weighted by atomic mass is 10.2. The second-order valence-electron chi connectivity index (χ2n) is 5.70. The molecule has 1 aliphatic heterocycles. The van der Waals surface area contributed by atoms with Gasteiger partial charge in [-0.3, -0.25) is 4.79 Å². The molecule has 2 aromatic rings. The van der Waals surface area contributed by atoms with Crippen LogP contribution >= 0.6 is 11.5 Å². The lowest BCUT2D eigenvalue weighted by molar-refractivity contribution is 0.0747. The van der Waals surface area contributed by atoms with E-state index in [0.29, 0.717) is 18.7 Å². The van der Waals surface area contributed by atoms with E-state index in [9.17, 15) is 4.79 Å². The summed E-state index contributed by atoms with van der Waals surface area (Å²) in [7, 11) is 3.50. The fourth-order valence-electron chi connectivity index (χ4n) is 2.93. The highest BCUT2D eigenvalue weighted by Crippen LogP contribution is 2.27. The minimum absolute atomic E-state index is 0.0656. The Bertz CT molecular complexity index is 723. The molecule has 1 saturated heterocycles. The van der Waals surface area contributed by atoms with Crippen LogP contribution < -0.4 is 15.0 Å². The van der Waals surface area contributed by atoms with Crippen molar-refractivity contribution in [3.05, 3.63) is 35.5 Å². The number of carbonyl (C=O) groups excluding carboxylic acids is 1. The number of aromatic nitrogens is 1. The fourth-order valence-corrected chi connectivity index (χ4v) is 3.66. The van der Waals surface area contributed by atoms with Gasteiger partial charge in [-0.15, -0.1) is 0 Å². The molecule has 0 bridgehead atoms. The Morgan fingerprint density at radius 3 is 2.71 bits per heavy atom. The van der Waals surface area contributed by atoms with Gasteiger partial charge in [-0.05, 0) is 30.6 Å². The second-order valence-corrected chi connectivity index (χ2v) is 6.48. The molecule has 0 spiro atoms. The summed E-state index contributed by atoms with van der Waals surface area (Å²) < 4.78 is 9.58. The van der Waals surface area contributed by atoms with E-state index < -0.39 is 0 Å². The molecule has 2 heterocycles. The third-order valence-electron chi connectivity index (χ3n) is 4.29. The summed E-state index contributed by atoms with van der Waals surface area (Å²) >= 11 is 1.34. The third kappa shape index (κ3) is 3.17. The largest absolute Gasteiger partial charge is 0.497 e. The smallest absolute Gasteiger partial charge is 0.258 e. The number of nitrogens with one attached hydrogen (secondary N) is 1. The lowest BCUT2D eigenvalue weighted by Crippen LogP contribution is -2.49. The number of anilines is 2. The van der Waals surface area contributed by atoms with Gasteiger partial charge in [0.2, 0.25) is 0 Å². The Balaban J connectivity index is 1.68. The van der Waals surface area contributed by atoms with Crippen molar-refractivity contribution < 1.29 is 9.53 Å². The third-order valence-corrected chi connectivity index (χ3v) is 5.24. The number of hydrogen-bond donors (Lipinski definition) is 1. The van der Waals surface area contributed by atoms with E-state index in [-0.39, 0.29) is 5.91 Å². The molecule has 0 saturated carbocycles. The van der Waals surface area contributed by atoms with E-state index in [0.717, 1.165) is 35.2 Å². The second kappa shape index (κ2) is 7.09. The molecule has 0 unspecified atom stereocenters. The number of rotatable bonds is 4. The van der Waals surface area contributed by atoms with Crippen LogP contribution in [0.25, 0.3) is 0 Å². The van der Waals surface area contributed by atoms with Crippen LogP contribution in [0.4, 0.5) is 10.7 Å². The average molecular weight is 346 g/mol. The van der Waals surface area contributed by atoms with Gasteiger partial charge in [0, 0.05) is 45.0 Å². The number of piperazine rings is 1. The van der Waals surface area contributed by atoms with Gasteiger partial charge >= 0.3 is 0 Å². The van der Waals surface area contributed by atoms with Crippen LogP contribution in [0.2, 0.25) is 0 Å². The molecule has 128 valence electrons. The molecule has 0 aliphatic carbocycles. The Kier molecular flexibility index (Phi) is 4.89. The van der Waals surface area contributed by atoms with Crippen molar-refractivity contribution in [1.82, 2.24) is 9.27 Å². The van der Waals surface area contributed by atoms with Crippen LogP contribution in [0.3, 0.4) is 0 Å². The minimum Gasteiger partial charge on any atom is -0.497 e. The van der Waals surface area contributed by atoms with Crippen molar-refractivity contribution in [3.63, 3.8) is 0 Å². The number of amides is 1. The maximum absolute atomic E-state index is 12.8. The molecular weight excluding hydrogens is 324 g/mol. The number of carbonyl (C=O) groups is 1. The van der Waals surface area contributed by atoms with Crippen molar-refractivity contribution in [3.8, 4) is 5.75 Å². The molecule has 24 heavy (non-hydrogen) atoms. The van der Waals surface area contributed by atoms with Crippen LogP contribution in [0.15, 0.2) is 24.3 Å². The van der Waals surface area contributed by atoms with Crippen molar-refractivity contribution in [2.75, 3.05) is 50.6 Å². The first kappa shape index (κ1) is 16.6. The number of hydrogen-bond acceptors (Lipinski definition) is 6. The highest BCUT2D eigenvalue weighted by atomic mass is 32.1. The van der Waals surface area contributed by atoms with Crippen LogP contribution in [0.5, 0.6) is 5.75 Å².